The molecule has 54 valence electrons. The van der Waals surface area contributed by atoms with Crippen molar-refractivity contribution >= 4 is 21.6 Å². The van der Waals surface area contributed by atoms with Crippen LogP contribution in [-0.2, 0) is 0 Å². The SMILES string of the molecule is Cc1cc(N)cc(Br)c1O. The zero-order valence-electron chi connectivity index (χ0n) is 5.56. The maximum Gasteiger partial charge on any atom is 0.132 e. The van der Waals surface area contributed by atoms with E-state index in [4.69, 9.17) is 5.73 Å². The number of phenols is 1. The molecule has 0 saturated carbocycles. The first-order chi connectivity index (χ1) is 4.61. The molecule has 0 aliphatic heterocycles. The molecule has 0 aromatic heterocycles. The molecule has 0 aliphatic rings. The Morgan fingerprint density at radius 2 is 2.10 bits per heavy atom. The van der Waals surface area contributed by atoms with Gasteiger partial charge in [-0.1, -0.05) is 0 Å². The van der Waals surface area contributed by atoms with Crippen molar-refractivity contribution in [3.8, 4) is 5.75 Å². The number of hydrogen-bond acceptors (Lipinski definition) is 2. The minimum absolute atomic E-state index is 0.259. The Labute approximate surface area is 67.8 Å². The summed E-state index contributed by atoms with van der Waals surface area (Å²) in [7, 11) is 0. The van der Waals surface area contributed by atoms with Gasteiger partial charge in [-0.3, -0.25) is 0 Å². The second-order valence-corrected chi connectivity index (χ2v) is 3.02. The van der Waals surface area contributed by atoms with Gasteiger partial charge in [0.25, 0.3) is 0 Å². The lowest BCUT2D eigenvalue weighted by atomic mass is 10.2. The predicted molar refractivity (Wildman–Crippen MR) is 45.0 cm³/mol. The molecule has 1 rings (SSSR count). The summed E-state index contributed by atoms with van der Waals surface area (Å²) < 4.78 is 0.644. The van der Waals surface area contributed by atoms with Gasteiger partial charge in [-0.2, -0.15) is 0 Å². The molecule has 0 radical (unpaired) electrons. The molecule has 0 amide bonds. The monoisotopic (exact) mass is 201 g/mol. The average molecular weight is 202 g/mol. The molecule has 10 heavy (non-hydrogen) atoms. The van der Waals surface area contributed by atoms with Crippen LogP contribution in [0.15, 0.2) is 16.6 Å². The van der Waals surface area contributed by atoms with Gasteiger partial charge in [-0.15, -0.1) is 0 Å². The predicted octanol–water partition coefficient (Wildman–Crippen LogP) is 2.05. The lowest BCUT2D eigenvalue weighted by molar-refractivity contribution is 0.468. The van der Waals surface area contributed by atoms with Gasteiger partial charge in [0.15, 0.2) is 0 Å². The molecule has 0 unspecified atom stereocenters. The highest BCUT2D eigenvalue weighted by Gasteiger charge is 2.00. The Morgan fingerprint density at radius 1 is 1.50 bits per heavy atom. The van der Waals surface area contributed by atoms with Crippen LogP contribution in [0.2, 0.25) is 0 Å². The third-order valence-electron chi connectivity index (χ3n) is 1.28. The van der Waals surface area contributed by atoms with E-state index in [0.717, 1.165) is 5.56 Å². The van der Waals surface area contributed by atoms with Crippen LogP contribution in [0, 0.1) is 6.92 Å². The molecule has 0 spiro atoms. The molecule has 3 N–H and O–H groups in total. The van der Waals surface area contributed by atoms with Gasteiger partial charge in [-0.05, 0) is 40.5 Å². The molecular weight excluding hydrogens is 194 g/mol. The summed E-state index contributed by atoms with van der Waals surface area (Å²) in [5.41, 5.74) is 6.93. The third kappa shape index (κ3) is 1.24. The molecule has 0 bridgehead atoms. The first-order valence-electron chi connectivity index (χ1n) is 2.86. The van der Waals surface area contributed by atoms with Gasteiger partial charge < -0.3 is 10.8 Å². The van der Waals surface area contributed by atoms with Gasteiger partial charge >= 0.3 is 0 Å². The van der Waals surface area contributed by atoms with Gasteiger partial charge in [0.05, 0.1) is 4.47 Å². The summed E-state index contributed by atoms with van der Waals surface area (Å²) in [6.07, 6.45) is 0. The molecule has 2 nitrogen and oxygen atoms in total. The van der Waals surface area contributed by atoms with E-state index in [1.54, 1.807) is 19.1 Å². The fourth-order valence-corrected chi connectivity index (χ4v) is 1.34. The largest absolute Gasteiger partial charge is 0.506 e. The molecule has 0 atom stereocenters. The van der Waals surface area contributed by atoms with Gasteiger partial charge in [0, 0.05) is 5.69 Å². The molecule has 0 aliphatic carbocycles. The molecule has 1 aromatic carbocycles. The van der Waals surface area contributed by atoms with Gasteiger partial charge in [-0.25, -0.2) is 0 Å². The summed E-state index contributed by atoms with van der Waals surface area (Å²) >= 11 is 3.17. The van der Waals surface area contributed by atoms with E-state index < -0.39 is 0 Å². The number of anilines is 1. The lowest BCUT2D eigenvalue weighted by Gasteiger charge is -2.01. The van der Waals surface area contributed by atoms with Crippen molar-refractivity contribution in [3.05, 3.63) is 22.2 Å². The zero-order chi connectivity index (χ0) is 7.72. The smallest absolute Gasteiger partial charge is 0.132 e. The quantitative estimate of drug-likeness (QED) is 0.499. The number of phenolic OH excluding ortho intramolecular Hbond substituents is 1. The van der Waals surface area contributed by atoms with Crippen molar-refractivity contribution in [1.82, 2.24) is 0 Å². The van der Waals surface area contributed by atoms with Crippen LogP contribution in [0.4, 0.5) is 5.69 Å². The number of nitrogens with two attached hydrogens (primary N) is 1. The maximum atomic E-state index is 9.23. The van der Waals surface area contributed by atoms with E-state index in [-0.39, 0.29) is 5.75 Å². The molecule has 0 saturated heterocycles. The van der Waals surface area contributed by atoms with Gasteiger partial charge in [0.2, 0.25) is 0 Å². The van der Waals surface area contributed by atoms with E-state index in [2.05, 4.69) is 15.9 Å². The topological polar surface area (TPSA) is 46.2 Å². The number of aromatic hydroxyl groups is 1. The Bertz CT molecular complexity index is 237. The number of aryl methyl sites for hydroxylation is 1. The molecular formula is C7H8BrNO. The highest BCUT2D eigenvalue weighted by molar-refractivity contribution is 9.10. The number of nitrogen functional groups attached to an aromatic ring is 1. The van der Waals surface area contributed by atoms with Crippen LogP contribution >= 0.6 is 15.9 Å². The van der Waals surface area contributed by atoms with Crippen molar-refractivity contribution in [3.63, 3.8) is 0 Å². The Hall–Kier alpha value is -0.700. The fraction of sp³-hybridized carbons (Fsp3) is 0.143. The standard InChI is InChI=1S/C7H8BrNO/c1-4-2-5(9)3-6(8)7(4)10/h2-3,10H,9H2,1H3. The van der Waals surface area contributed by atoms with Crippen LogP contribution in [0.25, 0.3) is 0 Å². The average Bonchev–Trinajstić information content (AvgIpc) is 1.82. The summed E-state index contributed by atoms with van der Waals surface area (Å²) in [5, 5.41) is 9.23. The number of hydrogen-bond donors (Lipinski definition) is 2. The molecule has 3 heteroatoms. The maximum absolute atomic E-state index is 9.23. The Morgan fingerprint density at radius 3 is 2.60 bits per heavy atom. The summed E-state index contributed by atoms with van der Waals surface area (Å²) in [4.78, 5) is 0. The van der Waals surface area contributed by atoms with Crippen LogP contribution < -0.4 is 5.73 Å². The van der Waals surface area contributed by atoms with Crippen LogP contribution in [0.1, 0.15) is 5.56 Å². The highest BCUT2D eigenvalue weighted by atomic mass is 79.9. The first kappa shape index (κ1) is 7.41. The van der Waals surface area contributed by atoms with E-state index in [9.17, 15) is 5.11 Å². The van der Waals surface area contributed by atoms with E-state index >= 15 is 0 Å². The van der Waals surface area contributed by atoms with Crippen molar-refractivity contribution < 1.29 is 5.11 Å². The number of halogens is 1. The highest BCUT2D eigenvalue weighted by Crippen LogP contribution is 2.29. The van der Waals surface area contributed by atoms with E-state index in [0.29, 0.717) is 10.2 Å². The zero-order valence-corrected chi connectivity index (χ0v) is 7.14. The lowest BCUT2D eigenvalue weighted by Crippen LogP contribution is -1.86. The molecule has 0 fully saturated rings. The normalized spacial score (nSPS) is 9.80. The second-order valence-electron chi connectivity index (χ2n) is 2.17. The third-order valence-corrected chi connectivity index (χ3v) is 1.88. The van der Waals surface area contributed by atoms with Crippen molar-refractivity contribution in [2.24, 2.45) is 0 Å². The minimum atomic E-state index is 0.259. The number of benzene rings is 1. The van der Waals surface area contributed by atoms with E-state index in [1.807, 2.05) is 0 Å². The summed E-state index contributed by atoms with van der Waals surface area (Å²) in [6.45, 7) is 1.80. The minimum Gasteiger partial charge on any atom is -0.506 e. The van der Waals surface area contributed by atoms with Gasteiger partial charge in [0.1, 0.15) is 5.75 Å². The second kappa shape index (κ2) is 2.50. The van der Waals surface area contributed by atoms with E-state index in [1.165, 1.54) is 0 Å². The van der Waals surface area contributed by atoms with Crippen LogP contribution in [0.3, 0.4) is 0 Å². The summed E-state index contributed by atoms with van der Waals surface area (Å²) in [5.74, 6) is 0.259. The van der Waals surface area contributed by atoms with Crippen molar-refractivity contribution in [2.75, 3.05) is 5.73 Å². The first-order valence-corrected chi connectivity index (χ1v) is 3.65. The Balaban J connectivity index is 3.31. The fourth-order valence-electron chi connectivity index (χ4n) is 0.763. The molecule has 0 heterocycles. The number of rotatable bonds is 0. The summed E-state index contributed by atoms with van der Waals surface area (Å²) in [6, 6.07) is 3.39. The van der Waals surface area contributed by atoms with Crippen LogP contribution in [-0.4, -0.2) is 5.11 Å². The van der Waals surface area contributed by atoms with Crippen LogP contribution in [0.5, 0.6) is 5.75 Å². The van der Waals surface area contributed by atoms with Crippen molar-refractivity contribution in [2.45, 2.75) is 6.92 Å². The molecule has 1 aromatic rings. The van der Waals surface area contributed by atoms with Crippen molar-refractivity contribution in [1.29, 1.82) is 0 Å². The Kier molecular flexibility index (Phi) is 1.85.